The van der Waals surface area contributed by atoms with Crippen LogP contribution in [0.5, 0.6) is 0 Å². The number of carbonyl (C=O) groups is 1. The second-order valence-corrected chi connectivity index (χ2v) is 3.77. The van der Waals surface area contributed by atoms with E-state index in [0.717, 1.165) is 11.3 Å². The molecule has 0 unspecified atom stereocenters. The molecule has 1 amide bonds. The molecule has 0 aliphatic heterocycles. The summed E-state index contributed by atoms with van der Waals surface area (Å²) in [6.07, 6.45) is 3.05. The lowest BCUT2D eigenvalue weighted by Crippen LogP contribution is -2.12. The summed E-state index contributed by atoms with van der Waals surface area (Å²) in [7, 11) is 0. The number of aromatic amines is 1. The van der Waals surface area contributed by atoms with Gasteiger partial charge in [0, 0.05) is 5.56 Å². The Labute approximate surface area is 107 Å². The molecule has 19 heavy (non-hydrogen) atoms. The van der Waals surface area contributed by atoms with Crippen molar-refractivity contribution in [2.75, 3.05) is 0 Å². The van der Waals surface area contributed by atoms with Gasteiger partial charge < -0.3 is 5.73 Å². The summed E-state index contributed by atoms with van der Waals surface area (Å²) < 4.78 is 1.63. The minimum atomic E-state index is -0.621. The Morgan fingerprint density at radius 1 is 1.21 bits per heavy atom. The number of carbonyl (C=O) groups excluding carboxylic acids is 1. The van der Waals surface area contributed by atoms with E-state index in [1.165, 1.54) is 6.33 Å². The fraction of sp³-hybridized carbons (Fsp3) is 0. The summed E-state index contributed by atoms with van der Waals surface area (Å²) in [6.45, 7) is 0. The van der Waals surface area contributed by atoms with Crippen molar-refractivity contribution < 1.29 is 4.79 Å². The van der Waals surface area contributed by atoms with E-state index >= 15 is 0 Å². The van der Waals surface area contributed by atoms with Crippen LogP contribution >= 0.6 is 0 Å². The molecule has 3 aromatic rings. The molecule has 8 heteroatoms. The number of benzene rings is 1. The van der Waals surface area contributed by atoms with E-state index in [4.69, 9.17) is 5.73 Å². The fourth-order valence-corrected chi connectivity index (χ4v) is 1.72. The lowest BCUT2D eigenvalue weighted by Gasteiger charge is -2.02. The molecular weight excluding hydrogens is 246 g/mol. The van der Waals surface area contributed by atoms with Gasteiger partial charge in [0.1, 0.15) is 18.3 Å². The maximum Gasteiger partial charge on any atom is 0.271 e. The number of amides is 1. The molecular formula is C11H9N7O. The number of H-pyrrole nitrogens is 1. The van der Waals surface area contributed by atoms with Crippen LogP contribution in [-0.4, -0.2) is 36.1 Å². The van der Waals surface area contributed by atoms with E-state index in [-0.39, 0.29) is 5.69 Å². The van der Waals surface area contributed by atoms with Crippen LogP contribution in [0.3, 0.4) is 0 Å². The molecule has 2 heterocycles. The SMILES string of the molecule is NC(=O)c1n[nH]nc1-c1ccc(-n2cncn2)cc1. The third-order valence-electron chi connectivity index (χ3n) is 2.61. The molecule has 94 valence electrons. The highest BCUT2D eigenvalue weighted by molar-refractivity contribution is 5.96. The number of aromatic nitrogens is 6. The van der Waals surface area contributed by atoms with Crippen molar-refractivity contribution in [3.8, 4) is 16.9 Å². The van der Waals surface area contributed by atoms with Gasteiger partial charge in [-0.25, -0.2) is 9.67 Å². The lowest BCUT2D eigenvalue weighted by molar-refractivity contribution is 0.0996. The predicted molar refractivity (Wildman–Crippen MR) is 65.3 cm³/mol. The van der Waals surface area contributed by atoms with Gasteiger partial charge in [0.25, 0.3) is 5.91 Å². The van der Waals surface area contributed by atoms with E-state index in [1.807, 2.05) is 12.1 Å². The highest BCUT2D eigenvalue weighted by Crippen LogP contribution is 2.20. The molecule has 0 atom stereocenters. The van der Waals surface area contributed by atoms with E-state index in [9.17, 15) is 4.79 Å². The summed E-state index contributed by atoms with van der Waals surface area (Å²) in [6, 6.07) is 7.29. The van der Waals surface area contributed by atoms with Crippen LogP contribution in [0, 0.1) is 0 Å². The van der Waals surface area contributed by atoms with E-state index in [1.54, 1.807) is 23.1 Å². The van der Waals surface area contributed by atoms with Crippen LogP contribution in [0.1, 0.15) is 10.5 Å². The van der Waals surface area contributed by atoms with E-state index < -0.39 is 5.91 Å². The smallest absolute Gasteiger partial charge is 0.271 e. The van der Waals surface area contributed by atoms with Crippen molar-refractivity contribution in [2.45, 2.75) is 0 Å². The van der Waals surface area contributed by atoms with Gasteiger partial charge in [-0.1, -0.05) is 12.1 Å². The van der Waals surface area contributed by atoms with Gasteiger partial charge in [0.2, 0.25) is 0 Å². The molecule has 2 aromatic heterocycles. The molecule has 0 aliphatic rings. The van der Waals surface area contributed by atoms with Crippen LogP contribution in [-0.2, 0) is 0 Å². The van der Waals surface area contributed by atoms with Gasteiger partial charge >= 0.3 is 0 Å². The third kappa shape index (κ3) is 1.95. The van der Waals surface area contributed by atoms with Crippen molar-refractivity contribution in [3.63, 3.8) is 0 Å². The Hall–Kier alpha value is -3.03. The summed E-state index contributed by atoms with van der Waals surface area (Å²) in [4.78, 5) is 15.1. The molecule has 0 radical (unpaired) electrons. The van der Waals surface area contributed by atoms with E-state index in [0.29, 0.717) is 5.69 Å². The first-order chi connectivity index (χ1) is 9.25. The maximum atomic E-state index is 11.2. The standard InChI is InChI=1S/C11H9N7O/c12-11(19)10-9(15-17-16-10)7-1-3-8(4-2-7)18-6-13-5-14-18/h1-6H,(H2,12,19)(H,15,16,17). The normalized spacial score (nSPS) is 10.5. The first-order valence-electron chi connectivity index (χ1n) is 5.41. The molecule has 0 aliphatic carbocycles. The minimum absolute atomic E-state index is 0.119. The van der Waals surface area contributed by atoms with Crippen LogP contribution in [0.15, 0.2) is 36.9 Å². The Bertz CT molecular complexity index is 699. The average Bonchev–Trinajstić information content (AvgIpc) is 3.10. The summed E-state index contributed by atoms with van der Waals surface area (Å²) in [5.74, 6) is -0.621. The number of hydrogen-bond acceptors (Lipinski definition) is 5. The van der Waals surface area contributed by atoms with Crippen LogP contribution in [0.25, 0.3) is 16.9 Å². The molecule has 0 bridgehead atoms. The van der Waals surface area contributed by atoms with E-state index in [2.05, 4.69) is 25.5 Å². The third-order valence-corrected chi connectivity index (χ3v) is 2.61. The van der Waals surface area contributed by atoms with Crippen molar-refractivity contribution in [2.24, 2.45) is 5.73 Å². The molecule has 3 N–H and O–H groups in total. The molecule has 3 rings (SSSR count). The van der Waals surface area contributed by atoms with Crippen LogP contribution in [0.2, 0.25) is 0 Å². The summed E-state index contributed by atoms with van der Waals surface area (Å²) in [5.41, 5.74) is 7.36. The fourth-order valence-electron chi connectivity index (χ4n) is 1.72. The topological polar surface area (TPSA) is 115 Å². The van der Waals surface area contributed by atoms with Gasteiger partial charge in [-0.05, 0) is 12.1 Å². The summed E-state index contributed by atoms with van der Waals surface area (Å²) >= 11 is 0. The Balaban J connectivity index is 1.99. The Kier molecular flexibility index (Phi) is 2.53. The maximum absolute atomic E-state index is 11.2. The highest BCUT2D eigenvalue weighted by atomic mass is 16.1. The molecule has 1 aromatic carbocycles. The first kappa shape index (κ1) is 11.1. The predicted octanol–water partition coefficient (Wildman–Crippen LogP) is 0.151. The molecule has 8 nitrogen and oxygen atoms in total. The first-order valence-corrected chi connectivity index (χ1v) is 5.41. The van der Waals surface area contributed by atoms with Crippen LogP contribution < -0.4 is 5.73 Å². The van der Waals surface area contributed by atoms with Crippen molar-refractivity contribution in [1.29, 1.82) is 0 Å². The van der Waals surface area contributed by atoms with Crippen LogP contribution in [0.4, 0.5) is 0 Å². The second-order valence-electron chi connectivity index (χ2n) is 3.77. The molecule has 0 spiro atoms. The average molecular weight is 255 g/mol. The minimum Gasteiger partial charge on any atom is -0.364 e. The van der Waals surface area contributed by atoms with Gasteiger partial charge in [0.15, 0.2) is 5.69 Å². The molecule has 0 saturated carbocycles. The van der Waals surface area contributed by atoms with Gasteiger partial charge in [0.05, 0.1) is 5.69 Å². The van der Waals surface area contributed by atoms with Crippen molar-refractivity contribution >= 4 is 5.91 Å². The monoisotopic (exact) mass is 255 g/mol. The molecule has 0 saturated heterocycles. The van der Waals surface area contributed by atoms with Gasteiger partial charge in [-0.2, -0.15) is 20.5 Å². The van der Waals surface area contributed by atoms with Gasteiger partial charge in [-0.15, -0.1) is 0 Å². The largest absolute Gasteiger partial charge is 0.364 e. The summed E-state index contributed by atoms with van der Waals surface area (Å²) in [5, 5.41) is 14.1. The zero-order chi connectivity index (χ0) is 13.2. The van der Waals surface area contributed by atoms with Crippen molar-refractivity contribution in [1.82, 2.24) is 30.2 Å². The Morgan fingerprint density at radius 2 is 2.00 bits per heavy atom. The number of hydrogen-bond donors (Lipinski definition) is 2. The highest BCUT2D eigenvalue weighted by Gasteiger charge is 2.14. The number of nitrogens with one attached hydrogen (secondary N) is 1. The van der Waals surface area contributed by atoms with Gasteiger partial charge in [-0.3, -0.25) is 4.79 Å². The number of primary amides is 1. The molecule has 0 fully saturated rings. The van der Waals surface area contributed by atoms with Crippen molar-refractivity contribution in [3.05, 3.63) is 42.6 Å². The number of rotatable bonds is 3. The quantitative estimate of drug-likeness (QED) is 0.691. The second kappa shape index (κ2) is 4.33. The number of nitrogens with zero attached hydrogens (tertiary/aromatic N) is 5. The number of nitrogens with two attached hydrogens (primary N) is 1. The zero-order valence-electron chi connectivity index (χ0n) is 9.69. The Morgan fingerprint density at radius 3 is 2.63 bits per heavy atom. The zero-order valence-corrected chi connectivity index (χ0v) is 9.69. The lowest BCUT2D eigenvalue weighted by atomic mass is 10.1.